The number of benzene rings is 1. The van der Waals surface area contributed by atoms with Gasteiger partial charge in [-0.1, -0.05) is 39.0 Å². The Hall–Kier alpha value is -2.89. The van der Waals surface area contributed by atoms with Crippen LogP contribution in [0, 0.1) is 5.41 Å². The number of hydrogen-bond acceptors (Lipinski definition) is 4. The predicted octanol–water partition coefficient (Wildman–Crippen LogP) is 2.86. The molecule has 142 valence electrons. The standard InChI is InChI=1S/C21H26N4O2/c1-21(2,3)20(27)24-13-12-23-18-16(8-6-11-22-18)19(26)25-14-10-15-7-4-5-9-17(15)25/h4-9,11H,10,12-14H2,1-3H3,(H,22,23)(H,24,27). The number of nitrogens with one attached hydrogen (secondary N) is 2. The van der Waals surface area contributed by atoms with Crippen molar-refractivity contribution in [2.24, 2.45) is 5.41 Å². The summed E-state index contributed by atoms with van der Waals surface area (Å²) >= 11 is 0. The van der Waals surface area contributed by atoms with Gasteiger partial charge < -0.3 is 15.5 Å². The lowest BCUT2D eigenvalue weighted by molar-refractivity contribution is -0.128. The van der Waals surface area contributed by atoms with Gasteiger partial charge in [0.15, 0.2) is 0 Å². The zero-order chi connectivity index (χ0) is 19.4. The number of hydrogen-bond donors (Lipinski definition) is 2. The Balaban J connectivity index is 1.66. The maximum atomic E-state index is 13.1. The van der Waals surface area contributed by atoms with Crippen LogP contribution in [0.4, 0.5) is 11.5 Å². The fourth-order valence-electron chi connectivity index (χ4n) is 3.04. The average molecular weight is 366 g/mol. The summed E-state index contributed by atoms with van der Waals surface area (Å²) in [6.07, 6.45) is 2.52. The molecule has 1 aromatic heterocycles. The van der Waals surface area contributed by atoms with Gasteiger partial charge in [-0.05, 0) is 30.2 Å². The maximum Gasteiger partial charge on any atom is 0.262 e. The van der Waals surface area contributed by atoms with Crippen molar-refractivity contribution in [2.45, 2.75) is 27.2 Å². The largest absolute Gasteiger partial charge is 0.368 e. The Morgan fingerprint density at radius 3 is 2.67 bits per heavy atom. The number of fused-ring (bicyclic) bond motifs is 1. The number of anilines is 2. The SMILES string of the molecule is CC(C)(C)C(=O)NCCNc1ncccc1C(=O)N1CCc2ccccc21. The Bertz CT molecular complexity index is 842. The van der Waals surface area contributed by atoms with Gasteiger partial charge in [0, 0.05) is 36.9 Å². The second-order valence-electron chi connectivity index (χ2n) is 7.67. The number of pyridine rings is 1. The molecule has 0 radical (unpaired) electrons. The summed E-state index contributed by atoms with van der Waals surface area (Å²) in [6, 6.07) is 11.5. The Kier molecular flexibility index (Phi) is 5.44. The maximum absolute atomic E-state index is 13.1. The molecule has 2 heterocycles. The minimum Gasteiger partial charge on any atom is -0.368 e. The third kappa shape index (κ3) is 4.27. The van der Waals surface area contributed by atoms with E-state index in [1.54, 1.807) is 23.2 Å². The van der Waals surface area contributed by atoms with E-state index in [0.29, 0.717) is 31.0 Å². The summed E-state index contributed by atoms with van der Waals surface area (Å²) in [7, 11) is 0. The highest BCUT2D eigenvalue weighted by Crippen LogP contribution is 2.29. The van der Waals surface area contributed by atoms with Crippen LogP contribution in [0.25, 0.3) is 0 Å². The average Bonchev–Trinajstić information content (AvgIpc) is 3.08. The van der Waals surface area contributed by atoms with Crippen LogP contribution in [0.3, 0.4) is 0 Å². The summed E-state index contributed by atoms with van der Waals surface area (Å²) in [5.41, 5.74) is 2.27. The smallest absolute Gasteiger partial charge is 0.262 e. The van der Waals surface area contributed by atoms with Gasteiger partial charge in [0.1, 0.15) is 5.82 Å². The molecule has 2 aromatic rings. The van der Waals surface area contributed by atoms with E-state index in [1.165, 1.54) is 5.56 Å². The lowest BCUT2D eigenvalue weighted by Crippen LogP contribution is -2.37. The first-order valence-electron chi connectivity index (χ1n) is 9.25. The van der Waals surface area contributed by atoms with Crippen LogP contribution in [0.5, 0.6) is 0 Å². The van der Waals surface area contributed by atoms with Gasteiger partial charge in [0.25, 0.3) is 5.91 Å². The number of rotatable bonds is 5. The van der Waals surface area contributed by atoms with Crippen molar-refractivity contribution in [1.82, 2.24) is 10.3 Å². The molecule has 3 rings (SSSR count). The molecule has 0 atom stereocenters. The summed E-state index contributed by atoms with van der Waals surface area (Å²) in [5.74, 6) is 0.474. The van der Waals surface area contributed by atoms with Crippen molar-refractivity contribution in [3.63, 3.8) is 0 Å². The van der Waals surface area contributed by atoms with E-state index in [1.807, 2.05) is 39.0 Å². The van der Waals surface area contributed by atoms with Crippen molar-refractivity contribution < 1.29 is 9.59 Å². The van der Waals surface area contributed by atoms with Crippen molar-refractivity contribution in [3.8, 4) is 0 Å². The predicted molar refractivity (Wildman–Crippen MR) is 107 cm³/mol. The van der Waals surface area contributed by atoms with Crippen molar-refractivity contribution in [3.05, 3.63) is 53.7 Å². The summed E-state index contributed by atoms with van der Waals surface area (Å²) < 4.78 is 0. The molecule has 0 bridgehead atoms. The highest BCUT2D eigenvalue weighted by Gasteiger charge is 2.27. The van der Waals surface area contributed by atoms with Gasteiger partial charge >= 0.3 is 0 Å². The second-order valence-corrected chi connectivity index (χ2v) is 7.67. The number of aromatic nitrogens is 1. The van der Waals surface area contributed by atoms with E-state index in [-0.39, 0.29) is 11.8 Å². The van der Waals surface area contributed by atoms with Crippen molar-refractivity contribution in [1.29, 1.82) is 0 Å². The van der Waals surface area contributed by atoms with E-state index < -0.39 is 5.41 Å². The first-order chi connectivity index (χ1) is 12.9. The van der Waals surface area contributed by atoms with Gasteiger partial charge in [-0.25, -0.2) is 4.98 Å². The highest BCUT2D eigenvalue weighted by molar-refractivity contribution is 6.10. The number of nitrogens with zero attached hydrogens (tertiary/aromatic N) is 2. The zero-order valence-corrected chi connectivity index (χ0v) is 16.1. The normalized spacial score (nSPS) is 13.2. The third-order valence-electron chi connectivity index (χ3n) is 4.55. The van der Waals surface area contributed by atoms with Gasteiger partial charge in [-0.15, -0.1) is 0 Å². The molecule has 0 spiro atoms. The minimum absolute atomic E-state index is 0.00436. The molecular weight excluding hydrogens is 340 g/mol. The van der Waals surface area contributed by atoms with Crippen molar-refractivity contribution in [2.75, 3.05) is 29.9 Å². The molecule has 6 heteroatoms. The first-order valence-corrected chi connectivity index (χ1v) is 9.25. The molecule has 6 nitrogen and oxygen atoms in total. The Morgan fingerprint density at radius 2 is 1.89 bits per heavy atom. The van der Waals surface area contributed by atoms with E-state index in [2.05, 4.69) is 21.7 Å². The fourth-order valence-corrected chi connectivity index (χ4v) is 3.04. The van der Waals surface area contributed by atoms with Crippen LogP contribution in [-0.2, 0) is 11.2 Å². The molecular formula is C21H26N4O2. The molecule has 1 aliphatic heterocycles. The molecule has 0 saturated heterocycles. The number of para-hydroxylation sites is 1. The van der Waals surface area contributed by atoms with Gasteiger partial charge in [0.05, 0.1) is 5.56 Å². The van der Waals surface area contributed by atoms with E-state index in [0.717, 1.165) is 12.1 Å². The highest BCUT2D eigenvalue weighted by atomic mass is 16.2. The van der Waals surface area contributed by atoms with E-state index >= 15 is 0 Å². The number of carbonyl (C=O) groups is 2. The quantitative estimate of drug-likeness (QED) is 0.798. The van der Waals surface area contributed by atoms with Crippen LogP contribution in [0.15, 0.2) is 42.6 Å². The Morgan fingerprint density at radius 1 is 1.11 bits per heavy atom. The summed E-state index contributed by atoms with van der Waals surface area (Å²) in [5, 5.41) is 6.06. The van der Waals surface area contributed by atoms with Crippen molar-refractivity contribution >= 4 is 23.3 Å². The van der Waals surface area contributed by atoms with Crippen LogP contribution in [0.1, 0.15) is 36.7 Å². The molecule has 0 unspecified atom stereocenters. The van der Waals surface area contributed by atoms with E-state index in [9.17, 15) is 9.59 Å². The molecule has 2 N–H and O–H groups in total. The molecule has 1 aromatic carbocycles. The second kappa shape index (κ2) is 7.78. The molecule has 1 aliphatic rings. The Labute approximate surface area is 160 Å². The van der Waals surface area contributed by atoms with E-state index in [4.69, 9.17) is 0 Å². The zero-order valence-electron chi connectivity index (χ0n) is 16.1. The monoisotopic (exact) mass is 366 g/mol. The topological polar surface area (TPSA) is 74.3 Å². The van der Waals surface area contributed by atoms with Crippen LogP contribution >= 0.6 is 0 Å². The molecule has 0 fully saturated rings. The number of amides is 2. The van der Waals surface area contributed by atoms with Crippen LogP contribution in [-0.4, -0.2) is 36.4 Å². The molecule has 2 amide bonds. The first kappa shape index (κ1) is 18.9. The summed E-state index contributed by atoms with van der Waals surface area (Å²) in [4.78, 5) is 31.1. The lowest BCUT2D eigenvalue weighted by atomic mass is 9.96. The van der Waals surface area contributed by atoms with Gasteiger partial charge in [-0.2, -0.15) is 0 Å². The lowest BCUT2D eigenvalue weighted by Gasteiger charge is -2.20. The fraction of sp³-hybridized carbons (Fsp3) is 0.381. The third-order valence-corrected chi connectivity index (χ3v) is 4.55. The van der Waals surface area contributed by atoms with Crippen LogP contribution < -0.4 is 15.5 Å². The molecule has 0 aliphatic carbocycles. The number of carbonyl (C=O) groups excluding carboxylic acids is 2. The minimum atomic E-state index is -0.421. The molecule has 27 heavy (non-hydrogen) atoms. The molecule has 0 saturated carbocycles. The van der Waals surface area contributed by atoms with Gasteiger partial charge in [0.2, 0.25) is 5.91 Å². The summed E-state index contributed by atoms with van der Waals surface area (Å²) in [6.45, 7) is 7.26. The van der Waals surface area contributed by atoms with Crippen LogP contribution in [0.2, 0.25) is 0 Å². The van der Waals surface area contributed by atoms with Gasteiger partial charge in [-0.3, -0.25) is 9.59 Å².